The SMILES string of the molecule is CC1CC(NCCOc2ccccc2)CCN1C. The number of rotatable bonds is 5. The minimum Gasteiger partial charge on any atom is -0.492 e. The zero-order valence-corrected chi connectivity index (χ0v) is 11.4. The number of hydrogen-bond donors (Lipinski definition) is 1. The summed E-state index contributed by atoms with van der Waals surface area (Å²) >= 11 is 0. The molecule has 1 fully saturated rings. The molecule has 0 radical (unpaired) electrons. The average Bonchev–Trinajstić information content (AvgIpc) is 2.40. The molecular formula is C15H24N2O. The number of ether oxygens (including phenoxy) is 1. The van der Waals surface area contributed by atoms with Crippen molar-refractivity contribution in [3.63, 3.8) is 0 Å². The van der Waals surface area contributed by atoms with E-state index in [0.29, 0.717) is 12.1 Å². The molecule has 1 aliphatic heterocycles. The Morgan fingerprint density at radius 1 is 1.33 bits per heavy atom. The predicted octanol–water partition coefficient (Wildman–Crippen LogP) is 2.14. The van der Waals surface area contributed by atoms with Crippen molar-refractivity contribution in [3.05, 3.63) is 30.3 Å². The molecule has 100 valence electrons. The van der Waals surface area contributed by atoms with Crippen LogP contribution in [0.3, 0.4) is 0 Å². The van der Waals surface area contributed by atoms with Gasteiger partial charge in [0.1, 0.15) is 12.4 Å². The summed E-state index contributed by atoms with van der Waals surface area (Å²) in [6.07, 6.45) is 2.48. The fraction of sp³-hybridized carbons (Fsp3) is 0.600. The maximum Gasteiger partial charge on any atom is 0.119 e. The molecule has 1 aliphatic rings. The zero-order chi connectivity index (χ0) is 12.8. The van der Waals surface area contributed by atoms with Crippen molar-refractivity contribution in [2.24, 2.45) is 0 Å². The van der Waals surface area contributed by atoms with Crippen LogP contribution >= 0.6 is 0 Å². The van der Waals surface area contributed by atoms with Gasteiger partial charge in [-0.05, 0) is 45.5 Å². The van der Waals surface area contributed by atoms with E-state index in [1.54, 1.807) is 0 Å². The molecule has 0 aromatic heterocycles. The molecule has 0 aliphatic carbocycles. The molecule has 1 heterocycles. The lowest BCUT2D eigenvalue weighted by molar-refractivity contribution is 0.165. The summed E-state index contributed by atoms with van der Waals surface area (Å²) in [5.41, 5.74) is 0. The van der Waals surface area contributed by atoms with Gasteiger partial charge in [-0.1, -0.05) is 18.2 Å². The largest absolute Gasteiger partial charge is 0.492 e. The third-order valence-electron chi connectivity index (χ3n) is 3.76. The zero-order valence-electron chi connectivity index (χ0n) is 11.4. The number of nitrogens with zero attached hydrogens (tertiary/aromatic N) is 1. The lowest BCUT2D eigenvalue weighted by atomic mass is 9.99. The van der Waals surface area contributed by atoms with Gasteiger partial charge in [0.15, 0.2) is 0 Å². The highest BCUT2D eigenvalue weighted by Crippen LogP contribution is 2.15. The van der Waals surface area contributed by atoms with Crippen LogP contribution in [0.4, 0.5) is 0 Å². The average molecular weight is 248 g/mol. The van der Waals surface area contributed by atoms with Gasteiger partial charge in [-0.3, -0.25) is 0 Å². The third kappa shape index (κ3) is 4.00. The fourth-order valence-corrected chi connectivity index (χ4v) is 2.42. The fourth-order valence-electron chi connectivity index (χ4n) is 2.42. The second-order valence-corrected chi connectivity index (χ2v) is 5.17. The van der Waals surface area contributed by atoms with Gasteiger partial charge >= 0.3 is 0 Å². The standard InChI is InChI=1S/C15H24N2O/c1-13-12-14(8-10-17(13)2)16-9-11-18-15-6-4-3-5-7-15/h3-7,13-14,16H,8-12H2,1-2H3. The highest BCUT2D eigenvalue weighted by Gasteiger charge is 2.21. The molecule has 1 aromatic rings. The molecular weight excluding hydrogens is 224 g/mol. The Morgan fingerprint density at radius 3 is 2.83 bits per heavy atom. The lowest BCUT2D eigenvalue weighted by Crippen LogP contribution is -2.46. The van der Waals surface area contributed by atoms with Gasteiger partial charge in [0.25, 0.3) is 0 Å². The number of hydrogen-bond acceptors (Lipinski definition) is 3. The summed E-state index contributed by atoms with van der Waals surface area (Å²) in [7, 11) is 2.21. The molecule has 0 spiro atoms. The summed E-state index contributed by atoms with van der Waals surface area (Å²) in [4.78, 5) is 2.43. The first kappa shape index (κ1) is 13.4. The second kappa shape index (κ2) is 6.76. The van der Waals surface area contributed by atoms with E-state index in [9.17, 15) is 0 Å². The molecule has 18 heavy (non-hydrogen) atoms. The van der Waals surface area contributed by atoms with E-state index in [4.69, 9.17) is 4.74 Å². The Labute approximate surface area is 110 Å². The molecule has 1 aromatic carbocycles. The van der Waals surface area contributed by atoms with Crippen molar-refractivity contribution in [2.75, 3.05) is 26.7 Å². The quantitative estimate of drug-likeness (QED) is 0.808. The molecule has 1 N–H and O–H groups in total. The van der Waals surface area contributed by atoms with Crippen LogP contribution in [0.2, 0.25) is 0 Å². The molecule has 2 rings (SSSR count). The summed E-state index contributed by atoms with van der Waals surface area (Å²) in [5.74, 6) is 0.955. The molecule has 0 saturated carbocycles. The van der Waals surface area contributed by atoms with Gasteiger partial charge in [-0.2, -0.15) is 0 Å². The van der Waals surface area contributed by atoms with E-state index < -0.39 is 0 Å². The van der Waals surface area contributed by atoms with Gasteiger partial charge in [-0.25, -0.2) is 0 Å². The highest BCUT2D eigenvalue weighted by molar-refractivity contribution is 5.20. The molecule has 3 heteroatoms. The van der Waals surface area contributed by atoms with E-state index in [0.717, 1.165) is 18.9 Å². The van der Waals surface area contributed by atoms with E-state index >= 15 is 0 Å². The number of para-hydroxylation sites is 1. The number of benzene rings is 1. The Kier molecular flexibility index (Phi) is 5.02. The monoisotopic (exact) mass is 248 g/mol. The first-order valence-corrected chi connectivity index (χ1v) is 6.87. The summed E-state index contributed by atoms with van der Waals surface area (Å²) in [5, 5.41) is 3.59. The predicted molar refractivity (Wildman–Crippen MR) is 75.1 cm³/mol. The molecule has 1 saturated heterocycles. The van der Waals surface area contributed by atoms with Crippen molar-refractivity contribution in [1.82, 2.24) is 10.2 Å². The van der Waals surface area contributed by atoms with E-state index in [-0.39, 0.29) is 0 Å². The van der Waals surface area contributed by atoms with Gasteiger partial charge in [0.05, 0.1) is 0 Å². The highest BCUT2D eigenvalue weighted by atomic mass is 16.5. The van der Waals surface area contributed by atoms with Gasteiger partial charge in [0.2, 0.25) is 0 Å². The van der Waals surface area contributed by atoms with Crippen molar-refractivity contribution in [1.29, 1.82) is 0 Å². The van der Waals surface area contributed by atoms with Crippen LogP contribution in [-0.4, -0.2) is 43.7 Å². The van der Waals surface area contributed by atoms with Crippen LogP contribution in [0.25, 0.3) is 0 Å². The Balaban J connectivity index is 1.61. The third-order valence-corrected chi connectivity index (χ3v) is 3.76. The van der Waals surface area contributed by atoms with Gasteiger partial charge in [0, 0.05) is 18.6 Å². The van der Waals surface area contributed by atoms with Crippen molar-refractivity contribution >= 4 is 0 Å². The number of nitrogens with one attached hydrogen (secondary N) is 1. The van der Waals surface area contributed by atoms with Crippen molar-refractivity contribution < 1.29 is 4.74 Å². The normalized spacial score (nSPS) is 25.0. The number of likely N-dealkylation sites (tertiary alicyclic amines) is 1. The van der Waals surface area contributed by atoms with Gasteiger partial charge < -0.3 is 15.0 Å². The summed E-state index contributed by atoms with van der Waals surface area (Å²) in [6.45, 7) is 5.16. The smallest absolute Gasteiger partial charge is 0.119 e. The molecule has 0 bridgehead atoms. The second-order valence-electron chi connectivity index (χ2n) is 5.17. The molecule has 0 amide bonds. The van der Waals surface area contributed by atoms with Crippen molar-refractivity contribution in [2.45, 2.75) is 31.8 Å². The Hall–Kier alpha value is -1.06. The van der Waals surface area contributed by atoms with Crippen LogP contribution in [-0.2, 0) is 0 Å². The Morgan fingerprint density at radius 2 is 2.11 bits per heavy atom. The Bertz CT molecular complexity index is 342. The van der Waals surface area contributed by atoms with Crippen LogP contribution in [0.1, 0.15) is 19.8 Å². The van der Waals surface area contributed by atoms with Crippen LogP contribution < -0.4 is 10.1 Å². The lowest BCUT2D eigenvalue weighted by Gasteiger charge is -2.35. The molecule has 3 nitrogen and oxygen atoms in total. The minimum absolute atomic E-state index is 0.649. The molecule has 2 unspecified atom stereocenters. The first-order valence-electron chi connectivity index (χ1n) is 6.87. The van der Waals surface area contributed by atoms with Crippen LogP contribution in [0.5, 0.6) is 5.75 Å². The summed E-state index contributed by atoms with van der Waals surface area (Å²) in [6, 6.07) is 11.3. The first-order chi connectivity index (χ1) is 8.75. The maximum absolute atomic E-state index is 5.67. The maximum atomic E-state index is 5.67. The topological polar surface area (TPSA) is 24.5 Å². The summed E-state index contributed by atoms with van der Waals surface area (Å²) < 4.78 is 5.67. The minimum atomic E-state index is 0.649. The van der Waals surface area contributed by atoms with Crippen LogP contribution in [0.15, 0.2) is 30.3 Å². The van der Waals surface area contributed by atoms with E-state index in [1.807, 2.05) is 30.3 Å². The van der Waals surface area contributed by atoms with Crippen molar-refractivity contribution in [3.8, 4) is 5.75 Å². The van der Waals surface area contributed by atoms with Gasteiger partial charge in [-0.15, -0.1) is 0 Å². The molecule has 2 atom stereocenters. The van der Waals surface area contributed by atoms with Crippen LogP contribution in [0, 0.1) is 0 Å². The van der Waals surface area contributed by atoms with E-state index in [1.165, 1.54) is 19.4 Å². The number of piperidine rings is 1. The van der Waals surface area contributed by atoms with E-state index in [2.05, 4.69) is 24.2 Å².